The SMILES string of the molecule is CN(C1CC1)S(=O)(=O)c1ccc(NCCONC(=O)c2cccnc2)cc1Cl. The van der Waals surface area contributed by atoms with Crippen molar-refractivity contribution in [1.82, 2.24) is 14.8 Å². The molecule has 2 N–H and O–H groups in total. The number of pyridine rings is 1. The average Bonchev–Trinajstić information content (AvgIpc) is 3.52. The van der Waals surface area contributed by atoms with Crippen molar-refractivity contribution in [1.29, 1.82) is 0 Å². The second-order valence-corrected chi connectivity index (χ2v) is 8.72. The summed E-state index contributed by atoms with van der Waals surface area (Å²) in [7, 11) is -2.02. The molecule has 0 saturated heterocycles. The molecular formula is C18H21ClN4O4S. The van der Waals surface area contributed by atoms with Gasteiger partial charge in [0.1, 0.15) is 4.90 Å². The third-order valence-electron chi connectivity index (χ3n) is 4.27. The van der Waals surface area contributed by atoms with Gasteiger partial charge in [0.25, 0.3) is 5.91 Å². The van der Waals surface area contributed by atoms with Crippen LogP contribution in [0, 0.1) is 0 Å². The monoisotopic (exact) mass is 424 g/mol. The molecule has 0 aliphatic heterocycles. The number of sulfonamides is 1. The van der Waals surface area contributed by atoms with Crippen LogP contribution in [0.2, 0.25) is 5.02 Å². The molecule has 0 unspecified atom stereocenters. The number of nitrogens with zero attached hydrogens (tertiary/aromatic N) is 2. The Morgan fingerprint density at radius 2 is 2.14 bits per heavy atom. The lowest BCUT2D eigenvalue weighted by Gasteiger charge is -2.18. The molecule has 1 aliphatic rings. The second kappa shape index (κ2) is 8.87. The summed E-state index contributed by atoms with van der Waals surface area (Å²) in [5, 5.41) is 3.22. The van der Waals surface area contributed by atoms with Crippen molar-refractivity contribution in [3.8, 4) is 0 Å². The first-order valence-corrected chi connectivity index (χ1v) is 10.5. The number of carbonyl (C=O) groups excluding carboxylic acids is 1. The summed E-state index contributed by atoms with van der Waals surface area (Å²) in [5.41, 5.74) is 3.38. The summed E-state index contributed by atoms with van der Waals surface area (Å²) in [6.07, 6.45) is 4.77. The molecule has 1 aliphatic carbocycles. The number of benzene rings is 1. The van der Waals surface area contributed by atoms with E-state index in [1.165, 1.54) is 16.6 Å². The molecule has 8 nitrogen and oxygen atoms in total. The fourth-order valence-corrected chi connectivity index (χ4v) is 4.46. The number of nitrogens with one attached hydrogen (secondary N) is 2. The van der Waals surface area contributed by atoms with Gasteiger partial charge in [0.05, 0.1) is 17.2 Å². The van der Waals surface area contributed by atoms with Gasteiger partial charge in [0, 0.05) is 37.7 Å². The molecule has 2 aromatic rings. The lowest BCUT2D eigenvalue weighted by atomic mass is 10.3. The van der Waals surface area contributed by atoms with E-state index in [4.69, 9.17) is 16.4 Å². The van der Waals surface area contributed by atoms with Crippen LogP contribution in [0.3, 0.4) is 0 Å². The summed E-state index contributed by atoms with van der Waals surface area (Å²) < 4.78 is 26.5. The molecule has 0 bridgehead atoms. The molecule has 28 heavy (non-hydrogen) atoms. The van der Waals surface area contributed by atoms with Gasteiger partial charge >= 0.3 is 0 Å². The Balaban J connectivity index is 1.48. The van der Waals surface area contributed by atoms with E-state index in [9.17, 15) is 13.2 Å². The van der Waals surface area contributed by atoms with Crippen LogP contribution in [-0.4, -0.2) is 49.9 Å². The van der Waals surface area contributed by atoms with E-state index in [-0.39, 0.29) is 28.5 Å². The van der Waals surface area contributed by atoms with Crippen LogP contribution < -0.4 is 10.8 Å². The van der Waals surface area contributed by atoms with E-state index in [1.807, 2.05) is 0 Å². The van der Waals surface area contributed by atoms with Crippen molar-refractivity contribution < 1.29 is 18.0 Å². The molecule has 10 heteroatoms. The Labute approximate surface area is 168 Å². The number of carbonyl (C=O) groups is 1. The first-order valence-electron chi connectivity index (χ1n) is 8.73. The molecule has 1 saturated carbocycles. The zero-order valence-corrected chi connectivity index (χ0v) is 16.8. The summed E-state index contributed by atoms with van der Waals surface area (Å²) in [6, 6.07) is 8.05. The quantitative estimate of drug-likeness (QED) is 0.473. The maximum absolute atomic E-state index is 12.6. The molecule has 1 heterocycles. The Kier molecular flexibility index (Phi) is 6.50. The Bertz CT molecular complexity index is 936. The minimum atomic E-state index is -3.59. The zero-order valence-electron chi connectivity index (χ0n) is 15.3. The number of amides is 1. The van der Waals surface area contributed by atoms with Gasteiger partial charge < -0.3 is 5.32 Å². The number of anilines is 1. The van der Waals surface area contributed by atoms with E-state index in [0.29, 0.717) is 17.8 Å². The van der Waals surface area contributed by atoms with Gasteiger partial charge in [0.2, 0.25) is 10.0 Å². The molecule has 3 rings (SSSR count). The van der Waals surface area contributed by atoms with Crippen molar-refractivity contribution in [2.24, 2.45) is 0 Å². The normalized spacial score (nSPS) is 14.1. The number of hydrogen-bond acceptors (Lipinski definition) is 6. The van der Waals surface area contributed by atoms with Gasteiger partial charge in [-0.15, -0.1) is 0 Å². The van der Waals surface area contributed by atoms with Crippen molar-refractivity contribution >= 4 is 33.2 Å². The number of aromatic nitrogens is 1. The van der Waals surface area contributed by atoms with Crippen molar-refractivity contribution in [2.45, 2.75) is 23.8 Å². The fraction of sp³-hybridized carbons (Fsp3) is 0.333. The zero-order chi connectivity index (χ0) is 20.1. The third kappa shape index (κ3) is 4.99. The van der Waals surface area contributed by atoms with Crippen molar-refractivity contribution in [2.75, 3.05) is 25.5 Å². The van der Waals surface area contributed by atoms with E-state index in [2.05, 4.69) is 15.8 Å². The molecule has 0 spiro atoms. The predicted octanol–water partition coefficient (Wildman–Crippen LogP) is 2.29. The van der Waals surface area contributed by atoms with Crippen LogP contribution in [-0.2, 0) is 14.9 Å². The molecule has 1 aromatic carbocycles. The maximum Gasteiger partial charge on any atom is 0.276 e. The first kappa shape index (κ1) is 20.5. The van der Waals surface area contributed by atoms with E-state index < -0.39 is 10.0 Å². The smallest absolute Gasteiger partial charge is 0.276 e. The standard InChI is InChI=1S/C18H21ClN4O4S/c1-23(15-5-6-15)28(25,26)17-7-4-14(11-16(17)19)21-9-10-27-22-18(24)13-3-2-8-20-12-13/h2-4,7-8,11-12,15,21H,5-6,9-10H2,1H3,(H,22,24). The number of halogens is 1. The van der Waals surface area contributed by atoms with Crippen LogP contribution in [0.5, 0.6) is 0 Å². The summed E-state index contributed by atoms with van der Waals surface area (Å²) in [6.45, 7) is 0.589. The highest BCUT2D eigenvalue weighted by molar-refractivity contribution is 7.89. The maximum atomic E-state index is 12.6. The lowest BCUT2D eigenvalue weighted by Crippen LogP contribution is -2.29. The van der Waals surface area contributed by atoms with Crippen molar-refractivity contribution in [3.63, 3.8) is 0 Å². The minimum absolute atomic E-state index is 0.0675. The largest absolute Gasteiger partial charge is 0.383 e. The summed E-state index contributed by atoms with van der Waals surface area (Å²) >= 11 is 6.19. The highest BCUT2D eigenvalue weighted by Gasteiger charge is 2.35. The Hall–Kier alpha value is -2.20. The highest BCUT2D eigenvalue weighted by atomic mass is 35.5. The van der Waals surface area contributed by atoms with Gasteiger partial charge in [-0.25, -0.2) is 13.9 Å². The van der Waals surface area contributed by atoms with Crippen LogP contribution in [0.15, 0.2) is 47.6 Å². The molecule has 1 amide bonds. The Morgan fingerprint density at radius 3 is 2.79 bits per heavy atom. The van der Waals surface area contributed by atoms with Gasteiger partial charge in [-0.05, 0) is 43.2 Å². The number of hydroxylamine groups is 1. The fourth-order valence-electron chi connectivity index (χ4n) is 2.53. The first-order chi connectivity index (χ1) is 13.4. The summed E-state index contributed by atoms with van der Waals surface area (Å²) in [4.78, 5) is 20.9. The van der Waals surface area contributed by atoms with Crippen LogP contribution in [0.25, 0.3) is 0 Å². The van der Waals surface area contributed by atoms with Gasteiger partial charge in [-0.1, -0.05) is 11.6 Å². The van der Waals surface area contributed by atoms with Gasteiger partial charge in [0.15, 0.2) is 0 Å². The Morgan fingerprint density at radius 1 is 1.36 bits per heavy atom. The molecule has 0 atom stereocenters. The van der Waals surface area contributed by atoms with E-state index in [1.54, 1.807) is 37.5 Å². The van der Waals surface area contributed by atoms with E-state index >= 15 is 0 Å². The minimum Gasteiger partial charge on any atom is -0.383 e. The molecule has 0 radical (unpaired) electrons. The van der Waals surface area contributed by atoms with Gasteiger partial charge in [-0.3, -0.25) is 14.6 Å². The van der Waals surface area contributed by atoms with Crippen LogP contribution >= 0.6 is 11.6 Å². The van der Waals surface area contributed by atoms with E-state index in [0.717, 1.165) is 12.8 Å². The van der Waals surface area contributed by atoms with Crippen LogP contribution in [0.4, 0.5) is 5.69 Å². The summed E-state index contributed by atoms with van der Waals surface area (Å²) in [5.74, 6) is -0.384. The second-order valence-electron chi connectivity index (χ2n) is 6.35. The third-order valence-corrected chi connectivity index (χ3v) is 6.66. The molecule has 150 valence electrons. The van der Waals surface area contributed by atoms with Crippen LogP contribution in [0.1, 0.15) is 23.2 Å². The van der Waals surface area contributed by atoms with Crippen molar-refractivity contribution in [3.05, 3.63) is 53.3 Å². The topological polar surface area (TPSA) is 101 Å². The predicted molar refractivity (Wildman–Crippen MR) is 106 cm³/mol. The molecule has 1 fully saturated rings. The highest BCUT2D eigenvalue weighted by Crippen LogP contribution is 2.33. The molecular weight excluding hydrogens is 404 g/mol. The average molecular weight is 425 g/mol. The molecule has 1 aromatic heterocycles. The van der Waals surface area contributed by atoms with Gasteiger partial charge in [-0.2, -0.15) is 4.31 Å². The number of rotatable bonds is 9. The lowest BCUT2D eigenvalue weighted by molar-refractivity contribution is 0.0352. The number of hydrogen-bond donors (Lipinski definition) is 2.